The third kappa shape index (κ3) is 2.26. The van der Waals surface area contributed by atoms with Crippen molar-refractivity contribution < 1.29 is 9.53 Å². The number of para-hydroxylation sites is 1. The summed E-state index contributed by atoms with van der Waals surface area (Å²) in [4.78, 5) is 10.9. The Bertz CT molecular complexity index is 363. The molecule has 0 saturated heterocycles. The third-order valence-electron chi connectivity index (χ3n) is 1.72. The lowest BCUT2D eigenvalue weighted by molar-refractivity contribution is -0.112. The summed E-state index contributed by atoms with van der Waals surface area (Å²) in [6.07, 6.45) is 0. The Balaban J connectivity index is 3.06. The van der Waals surface area contributed by atoms with Crippen molar-refractivity contribution in [1.82, 2.24) is 0 Å². The van der Waals surface area contributed by atoms with Gasteiger partial charge in [0.05, 0.1) is 0 Å². The van der Waals surface area contributed by atoms with Crippen molar-refractivity contribution in [2.75, 3.05) is 6.07 Å². The summed E-state index contributed by atoms with van der Waals surface area (Å²) in [7, 11) is 0. The van der Waals surface area contributed by atoms with E-state index in [1.165, 1.54) is 0 Å². The van der Waals surface area contributed by atoms with E-state index in [9.17, 15) is 4.79 Å². The van der Waals surface area contributed by atoms with Crippen LogP contribution in [0.4, 0.5) is 0 Å². The van der Waals surface area contributed by atoms with E-state index in [2.05, 4.69) is 6.58 Å². The molecule has 0 aliphatic rings. The van der Waals surface area contributed by atoms with E-state index in [0.29, 0.717) is 11.3 Å². The number of alkyl halides is 1. The number of carbonyl (C=O) groups excluding carboxylic acids is 1. The molecule has 0 saturated carbocycles. The maximum Gasteiger partial charge on any atom is 0.248 e. The zero-order chi connectivity index (χ0) is 10.6. The minimum atomic E-state index is -0.573. The average Bonchev–Trinajstić information content (AvgIpc) is 2.18. The first-order chi connectivity index (χ1) is 6.66. The topological polar surface area (TPSA) is 52.3 Å². The first kappa shape index (κ1) is 10.6. The number of ether oxygens (including phenoxy) is 1. The number of hydrogen-bond acceptors (Lipinski definition) is 2. The molecule has 0 heterocycles. The van der Waals surface area contributed by atoms with Crippen LogP contribution in [0.2, 0.25) is 0 Å². The van der Waals surface area contributed by atoms with Crippen molar-refractivity contribution in [3.63, 3.8) is 0 Å². The van der Waals surface area contributed by atoms with Crippen LogP contribution in [-0.4, -0.2) is 12.0 Å². The van der Waals surface area contributed by atoms with Crippen LogP contribution in [0.25, 0.3) is 5.57 Å². The monoisotopic (exact) mass is 211 g/mol. The van der Waals surface area contributed by atoms with Gasteiger partial charge in [-0.2, -0.15) is 0 Å². The number of halogens is 1. The second-order valence-electron chi connectivity index (χ2n) is 2.59. The van der Waals surface area contributed by atoms with Gasteiger partial charge in [0.2, 0.25) is 5.91 Å². The molecule has 74 valence electrons. The van der Waals surface area contributed by atoms with Gasteiger partial charge in [0.15, 0.2) is 6.07 Å². The molecule has 4 heteroatoms. The van der Waals surface area contributed by atoms with Crippen LogP contribution in [0.15, 0.2) is 30.8 Å². The molecule has 1 aromatic rings. The molecule has 1 amide bonds. The summed E-state index contributed by atoms with van der Waals surface area (Å²) in [5, 5.41) is 0. The predicted octanol–water partition coefficient (Wildman–Crippen LogP) is 1.76. The Morgan fingerprint density at radius 2 is 2.14 bits per heavy atom. The van der Waals surface area contributed by atoms with Gasteiger partial charge in [-0.3, -0.25) is 4.79 Å². The van der Waals surface area contributed by atoms with E-state index < -0.39 is 5.91 Å². The summed E-state index contributed by atoms with van der Waals surface area (Å²) in [5.74, 6) is -0.0677. The van der Waals surface area contributed by atoms with E-state index >= 15 is 0 Å². The fourth-order valence-electron chi connectivity index (χ4n) is 1.03. The lowest BCUT2D eigenvalue weighted by atomic mass is 10.1. The molecule has 3 nitrogen and oxygen atoms in total. The van der Waals surface area contributed by atoms with Crippen LogP contribution in [0.1, 0.15) is 5.56 Å². The van der Waals surface area contributed by atoms with Crippen LogP contribution in [0, 0.1) is 0 Å². The maximum absolute atomic E-state index is 10.9. The van der Waals surface area contributed by atoms with Crippen molar-refractivity contribution in [2.45, 2.75) is 0 Å². The molecule has 1 rings (SSSR count). The van der Waals surface area contributed by atoms with Gasteiger partial charge in [0.25, 0.3) is 0 Å². The maximum atomic E-state index is 10.9. The normalized spacial score (nSPS) is 9.50. The van der Waals surface area contributed by atoms with Gasteiger partial charge >= 0.3 is 0 Å². The van der Waals surface area contributed by atoms with Crippen LogP contribution >= 0.6 is 11.6 Å². The number of benzene rings is 1. The Hall–Kier alpha value is -1.48. The second-order valence-corrected chi connectivity index (χ2v) is 2.81. The van der Waals surface area contributed by atoms with Crippen LogP contribution in [-0.2, 0) is 4.79 Å². The number of hydrogen-bond donors (Lipinski definition) is 1. The number of carbonyl (C=O) groups is 1. The van der Waals surface area contributed by atoms with Gasteiger partial charge in [0, 0.05) is 11.1 Å². The van der Waals surface area contributed by atoms with Gasteiger partial charge < -0.3 is 10.5 Å². The first-order valence-electron chi connectivity index (χ1n) is 3.93. The summed E-state index contributed by atoms with van der Waals surface area (Å²) >= 11 is 5.42. The van der Waals surface area contributed by atoms with Gasteiger partial charge in [-0.15, -0.1) is 0 Å². The standard InChI is InChI=1S/C10H10ClNO2/c1-7(10(12)13)8-4-2-3-5-9(8)14-6-11/h2-5H,1,6H2,(H2,12,13). The van der Waals surface area contributed by atoms with Crippen LogP contribution < -0.4 is 10.5 Å². The molecule has 1 aromatic carbocycles. The van der Waals surface area contributed by atoms with Crippen molar-refractivity contribution in [3.8, 4) is 5.75 Å². The Morgan fingerprint density at radius 3 is 2.71 bits per heavy atom. The number of amides is 1. The van der Waals surface area contributed by atoms with E-state index in [1.807, 2.05) is 0 Å². The zero-order valence-corrected chi connectivity index (χ0v) is 8.25. The summed E-state index contributed by atoms with van der Waals surface area (Å²) in [6, 6.07) is 6.97. The largest absolute Gasteiger partial charge is 0.477 e. The molecule has 0 aromatic heterocycles. The summed E-state index contributed by atoms with van der Waals surface area (Å²) < 4.78 is 5.11. The Morgan fingerprint density at radius 1 is 1.50 bits per heavy atom. The Labute approximate surface area is 87.1 Å². The highest BCUT2D eigenvalue weighted by Crippen LogP contribution is 2.24. The minimum Gasteiger partial charge on any atom is -0.477 e. The zero-order valence-electron chi connectivity index (χ0n) is 7.50. The second kappa shape index (κ2) is 4.67. The Kier molecular flexibility index (Phi) is 3.54. The lowest BCUT2D eigenvalue weighted by Crippen LogP contribution is -2.12. The molecule has 2 N–H and O–H groups in total. The predicted molar refractivity (Wildman–Crippen MR) is 56.0 cm³/mol. The molecule has 0 fully saturated rings. The summed E-state index contributed by atoms with van der Waals surface area (Å²) in [5.41, 5.74) is 5.89. The minimum absolute atomic E-state index is 0.0169. The van der Waals surface area contributed by atoms with Gasteiger partial charge in [-0.1, -0.05) is 36.4 Å². The van der Waals surface area contributed by atoms with Crippen LogP contribution in [0.5, 0.6) is 5.75 Å². The molecule has 14 heavy (non-hydrogen) atoms. The van der Waals surface area contributed by atoms with Crippen molar-refractivity contribution in [2.24, 2.45) is 5.73 Å². The highest BCUT2D eigenvalue weighted by atomic mass is 35.5. The molecule has 0 bridgehead atoms. The van der Waals surface area contributed by atoms with Crippen molar-refractivity contribution >= 4 is 23.1 Å². The van der Waals surface area contributed by atoms with Crippen molar-refractivity contribution in [3.05, 3.63) is 36.4 Å². The number of rotatable bonds is 4. The number of primary amides is 1. The number of nitrogens with two attached hydrogens (primary N) is 1. The van der Waals surface area contributed by atoms with E-state index in [1.54, 1.807) is 24.3 Å². The lowest BCUT2D eigenvalue weighted by Gasteiger charge is -2.08. The summed E-state index contributed by atoms with van der Waals surface area (Å²) in [6.45, 7) is 3.57. The van der Waals surface area contributed by atoms with E-state index in [4.69, 9.17) is 22.1 Å². The molecular weight excluding hydrogens is 202 g/mol. The molecule has 0 unspecified atom stereocenters. The highest BCUT2D eigenvalue weighted by Gasteiger charge is 2.10. The molecule has 0 atom stereocenters. The average molecular weight is 212 g/mol. The SMILES string of the molecule is C=C(C(N)=O)c1ccccc1OCCl. The fourth-order valence-corrected chi connectivity index (χ4v) is 1.15. The molecule has 0 spiro atoms. The molecule has 0 radical (unpaired) electrons. The van der Waals surface area contributed by atoms with Gasteiger partial charge in [0.1, 0.15) is 5.75 Å². The van der Waals surface area contributed by atoms with E-state index in [-0.39, 0.29) is 11.6 Å². The van der Waals surface area contributed by atoms with Crippen molar-refractivity contribution in [1.29, 1.82) is 0 Å². The molecule has 0 aliphatic heterocycles. The third-order valence-corrected chi connectivity index (χ3v) is 1.83. The highest BCUT2D eigenvalue weighted by molar-refractivity contribution is 6.19. The van der Waals surface area contributed by atoms with Gasteiger partial charge in [-0.05, 0) is 6.07 Å². The molecular formula is C10H10ClNO2. The van der Waals surface area contributed by atoms with Gasteiger partial charge in [-0.25, -0.2) is 0 Å². The smallest absolute Gasteiger partial charge is 0.248 e. The quantitative estimate of drug-likeness (QED) is 0.610. The van der Waals surface area contributed by atoms with E-state index in [0.717, 1.165) is 0 Å². The molecule has 0 aliphatic carbocycles. The van der Waals surface area contributed by atoms with Crippen LogP contribution in [0.3, 0.4) is 0 Å². The fraction of sp³-hybridized carbons (Fsp3) is 0.100. The first-order valence-corrected chi connectivity index (χ1v) is 4.47.